The van der Waals surface area contributed by atoms with Gasteiger partial charge in [0.05, 0.1) is 11.7 Å². The van der Waals surface area contributed by atoms with Crippen LogP contribution in [0.15, 0.2) is 36.8 Å². The smallest absolute Gasteiger partial charge is 0.324 e. The first-order chi connectivity index (χ1) is 10.2. The first-order valence-electron chi connectivity index (χ1n) is 5.95. The molecule has 2 heterocycles. The molecule has 9 heteroatoms. The van der Waals surface area contributed by atoms with Crippen LogP contribution < -0.4 is 16.4 Å². The third-order valence-electron chi connectivity index (χ3n) is 2.53. The maximum atomic E-state index is 11.8. The number of nitrogens with one attached hydrogen (secondary N) is 2. The third-order valence-corrected chi connectivity index (χ3v) is 2.53. The second kappa shape index (κ2) is 5.33. The fourth-order valence-electron chi connectivity index (χ4n) is 1.67. The molecule has 3 aromatic rings. The van der Waals surface area contributed by atoms with Crippen LogP contribution >= 0.6 is 0 Å². The Bertz CT molecular complexity index is 792. The van der Waals surface area contributed by atoms with Crippen LogP contribution in [-0.4, -0.2) is 31.2 Å². The van der Waals surface area contributed by atoms with E-state index in [2.05, 4.69) is 35.8 Å². The van der Waals surface area contributed by atoms with Gasteiger partial charge in [0.25, 0.3) is 0 Å². The molecule has 9 nitrogen and oxygen atoms in total. The second-order valence-corrected chi connectivity index (χ2v) is 4.04. The van der Waals surface area contributed by atoms with Crippen molar-refractivity contribution in [1.29, 1.82) is 0 Å². The summed E-state index contributed by atoms with van der Waals surface area (Å²) in [5, 5.41) is 12.7. The van der Waals surface area contributed by atoms with Crippen molar-refractivity contribution >= 4 is 34.5 Å². The maximum absolute atomic E-state index is 11.8. The van der Waals surface area contributed by atoms with Gasteiger partial charge < -0.3 is 11.1 Å². The molecule has 0 saturated heterocycles. The van der Waals surface area contributed by atoms with Gasteiger partial charge in [0.15, 0.2) is 5.82 Å². The first-order valence-corrected chi connectivity index (χ1v) is 5.95. The predicted octanol–water partition coefficient (Wildman–Crippen LogP) is 1.04. The van der Waals surface area contributed by atoms with Crippen LogP contribution in [0.25, 0.3) is 11.0 Å². The van der Waals surface area contributed by atoms with Gasteiger partial charge >= 0.3 is 6.03 Å². The second-order valence-electron chi connectivity index (χ2n) is 4.04. The van der Waals surface area contributed by atoms with Gasteiger partial charge in [-0.25, -0.2) is 14.8 Å². The average Bonchev–Trinajstić information content (AvgIpc) is 2.47. The number of nitrogens with two attached hydrogens (primary N) is 1. The van der Waals surface area contributed by atoms with Gasteiger partial charge in [-0.05, 0) is 18.2 Å². The highest BCUT2D eigenvalue weighted by Gasteiger charge is 2.05. The van der Waals surface area contributed by atoms with Gasteiger partial charge in [0, 0.05) is 18.1 Å². The molecule has 4 N–H and O–H groups in total. The van der Waals surface area contributed by atoms with Crippen molar-refractivity contribution in [1.82, 2.24) is 25.1 Å². The lowest BCUT2D eigenvalue weighted by molar-refractivity contribution is 0.262. The van der Waals surface area contributed by atoms with Gasteiger partial charge in [0.2, 0.25) is 5.95 Å². The highest BCUT2D eigenvalue weighted by molar-refractivity contribution is 6.00. The highest BCUT2D eigenvalue weighted by atomic mass is 16.2. The SMILES string of the molecule is Nc1nnc2ccc(NC(=O)Nc3cnccn3)cc2n1. The van der Waals surface area contributed by atoms with E-state index in [1.807, 2.05) is 0 Å². The lowest BCUT2D eigenvalue weighted by Gasteiger charge is -2.07. The summed E-state index contributed by atoms with van der Waals surface area (Å²) < 4.78 is 0. The molecule has 0 bridgehead atoms. The molecule has 0 aliphatic carbocycles. The van der Waals surface area contributed by atoms with E-state index >= 15 is 0 Å². The van der Waals surface area contributed by atoms with Crippen molar-refractivity contribution in [2.75, 3.05) is 16.4 Å². The normalized spacial score (nSPS) is 10.3. The number of hydrogen-bond acceptors (Lipinski definition) is 7. The number of rotatable bonds is 2. The monoisotopic (exact) mass is 282 g/mol. The van der Waals surface area contributed by atoms with E-state index in [9.17, 15) is 4.79 Å². The number of carbonyl (C=O) groups excluding carboxylic acids is 1. The summed E-state index contributed by atoms with van der Waals surface area (Å²) in [4.78, 5) is 23.7. The van der Waals surface area contributed by atoms with Crippen molar-refractivity contribution in [3.05, 3.63) is 36.8 Å². The Kier molecular flexibility index (Phi) is 3.21. The van der Waals surface area contributed by atoms with Crippen molar-refractivity contribution in [3.8, 4) is 0 Å². The van der Waals surface area contributed by atoms with E-state index in [-0.39, 0.29) is 5.95 Å². The number of anilines is 3. The molecule has 21 heavy (non-hydrogen) atoms. The van der Waals surface area contributed by atoms with E-state index in [1.165, 1.54) is 18.6 Å². The molecule has 3 rings (SSSR count). The molecule has 2 aromatic heterocycles. The number of urea groups is 1. The molecule has 104 valence electrons. The Labute approximate surface area is 118 Å². The Hall–Kier alpha value is -3.36. The van der Waals surface area contributed by atoms with Gasteiger partial charge in [-0.3, -0.25) is 10.3 Å². The van der Waals surface area contributed by atoms with Crippen molar-refractivity contribution in [3.63, 3.8) is 0 Å². The summed E-state index contributed by atoms with van der Waals surface area (Å²) in [6.45, 7) is 0. The standard InChI is InChI=1S/C12H10N8O/c13-11-17-9-5-7(1-2-8(9)19-20-11)16-12(21)18-10-6-14-3-4-15-10/h1-6H,(H2,13,17,20)(H2,15,16,18,21). The molecule has 0 aliphatic rings. The van der Waals surface area contributed by atoms with Crippen molar-refractivity contribution in [2.45, 2.75) is 0 Å². The van der Waals surface area contributed by atoms with Gasteiger partial charge in [-0.2, -0.15) is 0 Å². The molecule has 1 aromatic carbocycles. The highest BCUT2D eigenvalue weighted by Crippen LogP contribution is 2.15. The van der Waals surface area contributed by atoms with Crippen LogP contribution in [0.2, 0.25) is 0 Å². The number of hydrogen-bond donors (Lipinski definition) is 3. The third kappa shape index (κ3) is 2.97. The van der Waals surface area contributed by atoms with E-state index in [4.69, 9.17) is 5.73 Å². The fourth-order valence-corrected chi connectivity index (χ4v) is 1.67. The number of fused-ring (bicyclic) bond motifs is 1. The number of aromatic nitrogens is 5. The summed E-state index contributed by atoms with van der Waals surface area (Å²) in [5.41, 5.74) is 7.15. The van der Waals surface area contributed by atoms with E-state index in [0.29, 0.717) is 22.5 Å². The van der Waals surface area contributed by atoms with Gasteiger partial charge in [0.1, 0.15) is 5.52 Å². The molecule has 0 atom stereocenters. The van der Waals surface area contributed by atoms with Gasteiger partial charge in [-0.15, -0.1) is 10.2 Å². The Morgan fingerprint density at radius 1 is 1.10 bits per heavy atom. The van der Waals surface area contributed by atoms with Crippen LogP contribution in [0.5, 0.6) is 0 Å². The first kappa shape index (κ1) is 12.7. The van der Waals surface area contributed by atoms with E-state index in [0.717, 1.165) is 0 Å². The number of nitrogens with zero attached hydrogens (tertiary/aromatic N) is 5. The fraction of sp³-hybridized carbons (Fsp3) is 0. The molecule has 0 unspecified atom stereocenters. The molecule has 0 spiro atoms. The molecule has 2 amide bonds. The number of benzene rings is 1. The molecular formula is C12H10N8O. The van der Waals surface area contributed by atoms with E-state index in [1.54, 1.807) is 18.2 Å². The average molecular weight is 282 g/mol. The van der Waals surface area contributed by atoms with Crippen LogP contribution in [0.3, 0.4) is 0 Å². The lowest BCUT2D eigenvalue weighted by atomic mass is 10.2. The predicted molar refractivity (Wildman–Crippen MR) is 76.4 cm³/mol. The summed E-state index contributed by atoms with van der Waals surface area (Å²) in [5.74, 6) is 0.424. The quantitative estimate of drug-likeness (QED) is 0.639. The Morgan fingerprint density at radius 2 is 2.00 bits per heavy atom. The number of carbonyl (C=O) groups is 1. The van der Waals surface area contributed by atoms with Crippen LogP contribution in [-0.2, 0) is 0 Å². The topological polar surface area (TPSA) is 132 Å². The minimum absolute atomic E-state index is 0.0728. The molecule has 0 radical (unpaired) electrons. The van der Waals surface area contributed by atoms with Crippen LogP contribution in [0, 0.1) is 0 Å². The zero-order valence-electron chi connectivity index (χ0n) is 10.7. The zero-order chi connectivity index (χ0) is 14.7. The summed E-state index contributed by atoms with van der Waals surface area (Å²) in [6.07, 6.45) is 4.44. The molecule has 0 aliphatic heterocycles. The molecular weight excluding hydrogens is 272 g/mol. The van der Waals surface area contributed by atoms with Gasteiger partial charge in [-0.1, -0.05) is 0 Å². The Balaban J connectivity index is 1.76. The molecule has 0 fully saturated rings. The number of nitrogen functional groups attached to an aromatic ring is 1. The van der Waals surface area contributed by atoms with Crippen molar-refractivity contribution < 1.29 is 4.79 Å². The summed E-state index contributed by atoms with van der Waals surface area (Å²) >= 11 is 0. The lowest BCUT2D eigenvalue weighted by Crippen LogP contribution is -2.20. The minimum atomic E-state index is -0.440. The summed E-state index contributed by atoms with van der Waals surface area (Å²) in [7, 11) is 0. The minimum Gasteiger partial charge on any atom is -0.366 e. The van der Waals surface area contributed by atoms with E-state index < -0.39 is 6.03 Å². The Morgan fingerprint density at radius 3 is 2.81 bits per heavy atom. The van der Waals surface area contributed by atoms with Crippen LogP contribution in [0.4, 0.5) is 22.2 Å². The zero-order valence-corrected chi connectivity index (χ0v) is 10.7. The number of amides is 2. The maximum Gasteiger partial charge on any atom is 0.324 e. The molecule has 0 saturated carbocycles. The van der Waals surface area contributed by atoms with Crippen LogP contribution in [0.1, 0.15) is 0 Å². The summed E-state index contributed by atoms with van der Waals surface area (Å²) in [6, 6.07) is 4.58. The largest absolute Gasteiger partial charge is 0.366 e. The van der Waals surface area contributed by atoms with Crippen molar-refractivity contribution in [2.24, 2.45) is 0 Å².